The number of aromatic nitrogens is 3. The largest absolute Gasteiger partial charge is 0.506 e. The molecule has 0 aliphatic rings. The van der Waals surface area contributed by atoms with Crippen LogP contribution in [0.4, 0.5) is 5.95 Å². The van der Waals surface area contributed by atoms with Gasteiger partial charge in [-0.15, -0.1) is 5.10 Å². The maximum absolute atomic E-state index is 9.94. The molecule has 0 unspecified atom stereocenters. The van der Waals surface area contributed by atoms with Gasteiger partial charge in [-0.05, 0) is 28.1 Å². The van der Waals surface area contributed by atoms with Gasteiger partial charge in [-0.1, -0.05) is 41.9 Å². The molecule has 2 aromatic carbocycles. The molecule has 1 aromatic heterocycles. The zero-order valence-electron chi connectivity index (χ0n) is 12.2. The molecule has 2 N–H and O–H groups in total. The van der Waals surface area contributed by atoms with Crippen LogP contribution in [0.25, 0.3) is 11.3 Å². The van der Waals surface area contributed by atoms with Crippen LogP contribution in [-0.2, 0) is 0 Å². The molecule has 24 heavy (non-hydrogen) atoms. The Balaban J connectivity index is 1.78. The molecule has 8 heteroatoms. The third-order valence-electron chi connectivity index (χ3n) is 3.05. The fourth-order valence-corrected chi connectivity index (χ4v) is 2.78. The van der Waals surface area contributed by atoms with Gasteiger partial charge in [-0.3, -0.25) is 0 Å². The van der Waals surface area contributed by atoms with Gasteiger partial charge in [-0.2, -0.15) is 10.2 Å². The van der Waals surface area contributed by atoms with E-state index in [2.05, 4.69) is 41.6 Å². The molecule has 120 valence electrons. The van der Waals surface area contributed by atoms with Crippen LogP contribution in [0.15, 0.2) is 58.2 Å². The Labute approximate surface area is 151 Å². The summed E-state index contributed by atoms with van der Waals surface area (Å²) in [6, 6.07) is 12.8. The Kier molecular flexibility index (Phi) is 5.02. The van der Waals surface area contributed by atoms with Crippen molar-refractivity contribution in [3.05, 3.63) is 63.7 Å². The second kappa shape index (κ2) is 7.37. The molecule has 0 atom stereocenters. The molecule has 1 heterocycles. The number of nitrogens with one attached hydrogen (secondary N) is 1. The van der Waals surface area contributed by atoms with Gasteiger partial charge in [-0.25, -0.2) is 10.4 Å². The summed E-state index contributed by atoms with van der Waals surface area (Å²) in [4.78, 5) is 4.34. The summed E-state index contributed by atoms with van der Waals surface area (Å²) < 4.78 is 0.487. The Morgan fingerprint density at radius 3 is 2.79 bits per heavy atom. The number of hydrazone groups is 1. The average molecular weight is 405 g/mol. The first kappa shape index (κ1) is 16.4. The SMILES string of the molecule is Oc1c(Br)cc(Cl)cc1/C=N/Nc1nncc(-c2ccccc2)n1. The minimum atomic E-state index is 0.0435. The number of phenols is 1. The lowest BCUT2D eigenvalue weighted by molar-refractivity contribution is 0.471. The van der Waals surface area contributed by atoms with Gasteiger partial charge in [0.2, 0.25) is 0 Å². The fourth-order valence-electron chi connectivity index (χ4n) is 1.94. The number of benzene rings is 2. The number of hydrogen-bond acceptors (Lipinski definition) is 6. The molecular formula is C16H11BrClN5O. The molecule has 3 rings (SSSR count). The number of rotatable bonds is 4. The molecule has 0 amide bonds. The number of aromatic hydroxyl groups is 1. The Morgan fingerprint density at radius 1 is 1.21 bits per heavy atom. The molecule has 0 saturated carbocycles. The highest BCUT2D eigenvalue weighted by atomic mass is 79.9. The first-order chi connectivity index (χ1) is 11.6. The molecule has 0 aliphatic heterocycles. The van der Waals surface area contributed by atoms with Crippen LogP contribution in [0.2, 0.25) is 5.02 Å². The molecule has 0 bridgehead atoms. The summed E-state index contributed by atoms with van der Waals surface area (Å²) in [5.74, 6) is 0.287. The topological polar surface area (TPSA) is 83.3 Å². The summed E-state index contributed by atoms with van der Waals surface area (Å²) in [5.41, 5.74) is 4.74. The van der Waals surface area contributed by atoms with E-state index >= 15 is 0 Å². The molecule has 0 spiro atoms. The van der Waals surface area contributed by atoms with Crippen molar-refractivity contribution in [2.45, 2.75) is 0 Å². The van der Waals surface area contributed by atoms with Crippen LogP contribution in [0, 0.1) is 0 Å². The van der Waals surface area contributed by atoms with E-state index in [0.29, 0.717) is 20.8 Å². The normalized spacial score (nSPS) is 10.9. The van der Waals surface area contributed by atoms with Crippen molar-refractivity contribution in [1.29, 1.82) is 0 Å². The number of anilines is 1. The van der Waals surface area contributed by atoms with Gasteiger partial charge in [0.25, 0.3) is 5.95 Å². The zero-order valence-corrected chi connectivity index (χ0v) is 14.5. The third kappa shape index (κ3) is 3.87. The van der Waals surface area contributed by atoms with Gasteiger partial charge >= 0.3 is 0 Å². The monoisotopic (exact) mass is 403 g/mol. The number of nitrogens with zero attached hydrogens (tertiary/aromatic N) is 4. The van der Waals surface area contributed by atoms with Crippen molar-refractivity contribution in [2.75, 3.05) is 5.43 Å². The van der Waals surface area contributed by atoms with Crippen molar-refractivity contribution in [1.82, 2.24) is 15.2 Å². The quantitative estimate of drug-likeness (QED) is 0.505. The van der Waals surface area contributed by atoms with Gasteiger partial charge in [0.1, 0.15) is 5.75 Å². The summed E-state index contributed by atoms with van der Waals surface area (Å²) in [6.07, 6.45) is 2.99. The fraction of sp³-hybridized carbons (Fsp3) is 0. The van der Waals surface area contributed by atoms with Crippen molar-refractivity contribution in [3.8, 4) is 17.0 Å². The zero-order chi connectivity index (χ0) is 16.9. The van der Waals surface area contributed by atoms with E-state index < -0.39 is 0 Å². The molecule has 0 aliphatic carbocycles. The van der Waals surface area contributed by atoms with E-state index in [4.69, 9.17) is 11.6 Å². The van der Waals surface area contributed by atoms with Crippen molar-refractivity contribution < 1.29 is 5.11 Å². The van der Waals surface area contributed by atoms with Crippen LogP contribution in [0.1, 0.15) is 5.56 Å². The van der Waals surface area contributed by atoms with Crippen LogP contribution in [0.5, 0.6) is 5.75 Å². The Morgan fingerprint density at radius 2 is 2.00 bits per heavy atom. The van der Waals surface area contributed by atoms with Crippen LogP contribution >= 0.6 is 27.5 Å². The van der Waals surface area contributed by atoms with E-state index in [-0.39, 0.29) is 11.7 Å². The van der Waals surface area contributed by atoms with E-state index in [1.807, 2.05) is 30.3 Å². The predicted molar refractivity (Wildman–Crippen MR) is 97.3 cm³/mol. The highest BCUT2D eigenvalue weighted by Gasteiger charge is 2.06. The van der Waals surface area contributed by atoms with Gasteiger partial charge in [0.15, 0.2) is 0 Å². The first-order valence-corrected chi connectivity index (χ1v) is 8.03. The maximum atomic E-state index is 9.94. The van der Waals surface area contributed by atoms with Crippen LogP contribution < -0.4 is 5.43 Å². The highest BCUT2D eigenvalue weighted by Crippen LogP contribution is 2.30. The van der Waals surface area contributed by atoms with Crippen molar-refractivity contribution >= 4 is 39.7 Å². The standard InChI is InChI=1S/C16H11BrClN5O/c17-13-7-12(18)6-11(15(13)24)8-19-22-16-21-14(9-20-23-16)10-4-2-1-3-5-10/h1-9,24H,(H,21,22,23)/b19-8+. The van der Waals surface area contributed by atoms with Crippen LogP contribution in [0.3, 0.4) is 0 Å². The first-order valence-electron chi connectivity index (χ1n) is 6.86. The van der Waals surface area contributed by atoms with E-state index in [9.17, 15) is 5.11 Å². The lowest BCUT2D eigenvalue weighted by Crippen LogP contribution is -2.00. The number of hydrogen-bond donors (Lipinski definition) is 2. The maximum Gasteiger partial charge on any atom is 0.263 e. The summed E-state index contributed by atoms with van der Waals surface area (Å²) >= 11 is 9.17. The molecular weight excluding hydrogens is 394 g/mol. The minimum absolute atomic E-state index is 0.0435. The molecule has 0 saturated heterocycles. The summed E-state index contributed by atoms with van der Waals surface area (Å²) in [5, 5.41) is 22.2. The predicted octanol–water partition coefficient (Wildman–Crippen LogP) is 4.11. The molecule has 0 fully saturated rings. The number of halogens is 2. The second-order valence-electron chi connectivity index (χ2n) is 4.73. The van der Waals surface area contributed by atoms with Gasteiger partial charge in [0, 0.05) is 16.1 Å². The third-order valence-corrected chi connectivity index (χ3v) is 3.88. The van der Waals surface area contributed by atoms with Crippen molar-refractivity contribution in [2.24, 2.45) is 5.10 Å². The molecule has 6 nitrogen and oxygen atoms in total. The van der Waals surface area contributed by atoms with Gasteiger partial charge < -0.3 is 5.11 Å². The lowest BCUT2D eigenvalue weighted by atomic mass is 10.2. The average Bonchev–Trinajstić information content (AvgIpc) is 2.60. The van der Waals surface area contributed by atoms with E-state index in [1.54, 1.807) is 18.3 Å². The second-order valence-corrected chi connectivity index (χ2v) is 6.02. The van der Waals surface area contributed by atoms with Crippen LogP contribution in [-0.4, -0.2) is 26.5 Å². The summed E-state index contributed by atoms with van der Waals surface area (Å²) in [6.45, 7) is 0. The van der Waals surface area contributed by atoms with E-state index in [1.165, 1.54) is 6.21 Å². The number of phenolic OH excluding ortho intramolecular Hbond substituents is 1. The van der Waals surface area contributed by atoms with Gasteiger partial charge in [0.05, 0.1) is 22.6 Å². The Bertz CT molecular complexity index is 889. The van der Waals surface area contributed by atoms with Crippen molar-refractivity contribution in [3.63, 3.8) is 0 Å². The smallest absolute Gasteiger partial charge is 0.263 e. The molecule has 0 radical (unpaired) electrons. The highest BCUT2D eigenvalue weighted by molar-refractivity contribution is 9.10. The lowest BCUT2D eigenvalue weighted by Gasteiger charge is -2.03. The Hall–Kier alpha value is -2.51. The summed E-state index contributed by atoms with van der Waals surface area (Å²) in [7, 11) is 0. The van der Waals surface area contributed by atoms with E-state index in [0.717, 1.165) is 5.56 Å². The minimum Gasteiger partial charge on any atom is -0.506 e. The molecule has 3 aromatic rings.